The average molecular weight is 344 g/mol. The number of carbonyl (C=O) groups is 1. The van der Waals surface area contributed by atoms with Gasteiger partial charge in [-0.3, -0.25) is 4.79 Å². The molecule has 6 heteroatoms. The molecule has 3 aromatic rings. The van der Waals surface area contributed by atoms with Gasteiger partial charge < -0.3 is 9.64 Å². The van der Waals surface area contributed by atoms with E-state index in [0.717, 1.165) is 22.0 Å². The maximum absolute atomic E-state index is 13.0. The number of amides is 1. The molecule has 0 atom stereocenters. The molecule has 0 N–H and O–H groups in total. The zero-order chi connectivity index (χ0) is 16.2. The SMILES string of the molecule is COc1ccc(N(Cc2cccs2)C(=O)c2scnc2C)cc1. The Labute approximate surface area is 143 Å². The topological polar surface area (TPSA) is 42.4 Å². The largest absolute Gasteiger partial charge is 0.497 e. The molecule has 3 rings (SSSR count). The van der Waals surface area contributed by atoms with Crippen LogP contribution in [-0.4, -0.2) is 18.0 Å². The van der Waals surface area contributed by atoms with Crippen LogP contribution in [-0.2, 0) is 6.54 Å². The summed E-state index contributed by atoms with van der Waals surface area (Å²) in [6.45, 7) is 2.40. The Morgan fingerprint density at radius 3 is 2.57 bits per heavy atom. The van der Waals surface area contributed by atoms with Gasteiger partial charge in [0.25, 0.3) is 5.91 Å². The second-order valence-electron chi connectivity index (χ2n) is 4.94. The number of benzene rings is 1. The predicted octanol–water partition coefficient (Wildman–Crippen LogP) is 4.37. The third kappa shape index (κ3) is 3.43. The van der Waals surface area contributed by atoms with E-state index in [0.29, 0.717) is 11.4 Å². The van der Waals surface area contributed by atoms with Crippen LogP contribution in [0.4, 0.5) is 5.69 Å². The second-order valence-corrected chi connectivity index (χ2v) is 6.82. The first-order chi connectivity index (χ1) is 11.2. The summed E-state index contributed by atoms with van der Waals surface area (Å²) in [4.78, 5) is 20.8. The summed E-state index contributed by atoms with van der Waals surface area (Å²) in [5, 5.41) is 2.02. The molecule has 0 saturated carbocycles. The number of hydrogen-bond donors (Lipinski definition) is 0. The van der Waals surface area contributed by atoms with Gasteiger partial charge in [0.2, 0.25) is 0 Å². The molecule has 1 aromatic carbocycles. The van der Waals surface area contributed by atoms with Gasteiger partial charge in [-0.15, -0.1) is 22.7 Å². The van der Waals surface area contributed by atoms with Crippen molar-refractivity contribution in [3.8, 4) is 5.75 Å². The van der Waals surface area contributed by atoms with Crippen molar-refractivity contribution < 1.29 is 9.53 Å². The lowest BCUT2D eigenvalue weighted by Crippen LogP contribution is -2.30. The van der Waals surface area contributed by atoms with Crippen LogP contribution in [0.5, 0.6) is 5.75 Å². The maximum atomic E-state index is 13.0. The minimum absolute atomic E-state index is 0.0245. The molecule has 4 nitrogen and oxygen atoms in total. The van der Waals surface area contributed by atoms with Crippen LogP contribution in [0.25, 0.3) is 0 Å². The van der Waals surface area contributed by atoms with Crippen molar-refractivity contribution in [2.75, 3.05) is 12.0 Å². The van der Waals surface area contributed by atoms with Gasteiger partial charge in [-0.2, -0.15) is 0 Å². The Bertz CT molecular complexity index is 779. The van der Waals surface area contributed by atoms with Gasteiger partial charge in [0.1, 0.15) is 10.6 Å². The molecule has 118 valence electrons. The molecule has 2 heterocycles. The fraction of sp³-hybridized carbons (Fsp3) is 0.176. The van der Waals surface area contributed by atoms with E-state index in [4.69, 9.17) is 4.74 Å². The van der Waals surface area contributed by atoms with E-state index in [9.17, 15) is 4.79 Å². The zero-order valence-electron chi connectivity index (χ0n) is 12.9. The number of nitrogens with zero attached hydrogens (tertiary/aromatic N) is 2. The Kier molecular flexibility index (Phi) is 4.73. The summed E-state index contributed by atoms with van der Waals surface area (Å²) in [5.74, 6) is 0.745. The molecule has 0 spiro atoms. The Hall–Kier alpha value is -2.18. The molecule has 0 fully saturated rings. The van der Waals surface area contributed by atoms with E-state index in [1.54, 1.807) is 28.9 Å². The van der Waals surface area contributed by atoms with Crippen LogP contribution in [0.3, 0.4) is 0 Å². The Balaban J connectivity index is 1.95. The van der Waals surface area contributed by atoms with E-state index >= 15 is 0 Å². The molecule has 0 aliphatic carbocycles. The quantitative estimate of drug-likeness (QED) is 0.690. The monoisotopic (exact) mass is 344 g/mol. The summed E-state index contributed by atoms with van der Waals surface area (Å²) < 4.78 is 5.20. The van der Waals surface area contributed by atoms with E-state index in [1.165, 1.54) is 11.3 Å². The third-order valence-electron chi connectivity index (χ3n) is 3.46. The summed E-state index contributed by atoms with van der Waals surface area (Å²) in [7, 11) is 1.63. The van der Waals surface area contributed by atoms with Crippen LogP contribution in [0.15, 0.2) is 47.3 Å². The molecule has 0 aliphatic rings. The molecular weight excluding hydrogens is 328 g/mol. The van der Waals surface area contributed by atoms with Crippen molar-refractivity contribution in [1.29, 1.82) is 0 Å². The summed E-state index contributed by atoms with van der Waals surface area (Å²) >= 11 is 3.02. The molecule has 0 aliphatic heterocycles. The van der Waals surface area contributed by atoms with Crippen LogP contribution < -0.4 is 9.64 Å². The zero-order valence-corrected chi connectivity index (χ0v) is 14.5. The van der Waals surface area contributed by atoms with Crippen molar-refractivity contribution in [1.82, 2.24) is 4.98 Å². The smallest absolute Gasteiger partial charge is 0.270 e. The van der Waals surface area contributed by atoms with Gasteiger partial charge >= 0.3 is 0 Å². The number of rotatable bonds is 5. The summed E-state index contributed by atoms with van der Waals surface area (Å²) in [6, 6.07) is 11.6. The lowest BCUT2D eigenvalue weighted by atomic mass is 10.2. The number of thiazole rings is 1. The highest BCUT2D eigenvalue weighted by atomic mass is 32.1. The molecule has 0 bridgehead atoms. The number of aryl methyl sites for hydroxylation is 1. The lowest BCUT2D eigenvalue weighted by Gasteiger charge is -2.22. The molecule has 0 radical (unpaired) electrons. The first-order valence-corrected chi connectivity index (χ1v) is 8.83. The predicted molar refractivity (Wildman–Crippen MR) is 94.7 cm³/mol. The number of methoxy groups -OCH3 is 1. The van der Waals surface area contributed by atoms with Gasteiger partial charge in [-0.1, -0.05) is 6.07 Å². The van der Waals surface area contributed by atoms with Gasteiger partial charge in [-0.25, -0.2) is 4.98 Å². The average Bonchev–Trinajstić information content (AvgIpc) is 3.23. The molecule has 0 unspecified atom stereocenters. The first kappa shape index (κ1) is 15.7. The fourth-order valence-electron chi connectivity index (χ4n) is 2.23. The van der Waals surface area contributed by atoms with Crippen molar-refractivity contribution in [2.45, 2.75) is 13.5 Å². The first-order valence-electron chi connectivity index (χ1n) is 7.07. The van der Waals surface area contributed by atoms with Crippen LogP contribution in [0.2, 0.25) is 0 Å². The van der Waals surface area contributed by atoms with Crippen molar-refractivity contribution >= 4 is 34.3 Å². The van der Waals surface area contributed by atoms with Gasteiger partial charge in [0.05, 0.1) is 24.9 Å². The number of ether oxygens (including phenoxy) is 1. The Morgan fingerprint density at radius 2 is 2.00 bits per heavy atom. The standard InChI is InChI=1S/C17H16N2O2S2/c1-12-16(23-11-18-12)17(20)19(10-15-4-3-9-22-15)13-5-7-14(21-2)8-6-13/h3-9,11H,10H2,1-2H3. The summed E-state index contributed by atoms with van der Waals surface area (Å²) in [5.41, 5.74) is 3.32. The van der Waals surface area contributed by atoms with E-state index in [1.807, 2.05) is 48.7 Å². The Morgan fingerprint density at radius 1 is 1.22 bits per heavy atom. The van der Waals surface area contributed by atoms with Crippen LogP contribution >= 0.6 is 22.7 Å². The van der Waals surface area contributed by atoms with E-state index in [-0.39, 0.29) is 5.91 Å². The number of hydrogen-bond acceptors (Lipinski definition) is 5. The number of anilines is 1. The molecular formula is C17H16N2O2S2. The number of carbonyl (C=O) groups excluding carboxylic acids is 1. The van der Waals surface area contributed by atoms with E-state index < -0.39 is 0 Å². The lowest BCUT2D eigenvalue weighted by molar-refractivity contribution is 0.0988. The van der Waals surface area contributed by atoms with Gasteiger partial charge in [-0.05, 0) is 42.6 Å². The van der Waals surface area contributed by atoms with Crippen molar-refractivity contribution in [2.24, 2.45) is 0 Å². The number of aromatic nitrogens is 1. The minimum Gasteiger partial charge on any atom is -0.497 e. The maximum Gasteiger partial charge on any atom is 0.270 e. The van der Waals surface area contributed by atoms with Gasteiger partial charge in [0.15, 0.2) is 0 Å². The highest BCUT2D eigenvalue weighted by Gasteiger charge is 2.22. The van der Waals surface area contributed by atoms with Gasteiger partial charge in [0, 0.05) is 10.6 Å². The molecule has 0 saturated heterocycles. The number of thiophene rings is 1. The van der Waals surface area contributed by atoms with Crippen LogP contribution in [0.1, 0.15) is 20.2 Å². The molecule has 23 heavy (non-hydrogen) atoms. The van der Waals surface area contributed by atoms with Crippen molar-refractivity contribution in [3.05, 3.63) is 62.7 Å². The highest BCUT2D eigenvalue weighted by molar-refractivity contribution is 7.12. The third-order valence-corrected chi connectivity index (χ3v) is 5.24. The highest BCUT2D eigenvalue weighted by Crippen LogP contribution is 2.26. The summed E-state index contributed by atoms with van der Waals surface area (Å²) in [6.07, 6.45) is 0. The second kappa shape index (κ2) is 6.93. The molecule has 1 amide bonds. The van der Waals surface area contributed by atoms with Crippen molar-refractivity contribution in [3.63, 3.8) is 0 Å². The van der Waals surface area contributed by atoms with E-state index in [2.05, 4.69) is 4.98 Å². The minimum atomic E-state index is -0.0245. The normalized spacial score (nSPS) is 10.5. The molecule has 2 aromatic heterocycles. The fourth-order valence-corrected chi connectivity index (χ4v) is 3.67. The van der Waals surface area contributed by atoms with Crippen LogP contribution in [0, 0.1) is 6.92 Å².